The topological polar surface area (TPSA) is 96.3 Å². The summed E-state index contributed by atoms with van der Waals surface area (Å²) in [6.45, 7) is 0.613. The SMILES string of the molecule is O=C(NCCCc1ccccc1)C1NNC2CCC([N+](=O)[O-])CC21. The second-order valence-electron chi connectivity index (χ2n) is 6.67. The van der Waals surface area contributed by atoms with Crippen LogP contribution in [-0.4, -0.2) is 35.5 Å². The van der Waals surface area contributed by atoms with E-state index in [4.69, 9.17) is 0 Å². The Morgan fingerprint density at radius 1 is 1.25 bits per heavy atom. The molecule has 4 unspecified atom stereocenters. The van der Waals surface area contributed by atoms with Gasteiger partial charge in [-0.15, -0.1) is 0 Å². The Hall–Kier alpha value is -1.99. The van der Waals surface area contributed by atoms with Crippen LogP contribution in [0.5, 0.6) is 0 Å². The summed E-state index contributed by atoms with van der Waals surface area (Å²) in [5.74, 6) is -0.0738. The first-order valence-electron chi connectivity index (χ1n) is 8.61. The molecule has 3 rings (SSSR count). The maximum absolute atomic E-state index is 12.4. The fourth-order valence-electron chi connectivity index (χ4n) is 3.74. The molecule has 4 atom stereocenters. The fraction of sp³-hybridized carbons (Fsp3) is 0.588. The summed E-state index contributed by atoms with van der Waals surface area (Å²) >= 11 is 0. The Morgan fingerprint density at radius 3 is 2.79 bits per heavy atom. The highest BCUT2D eigenvalue weighted by atomic mass is 16.6. The molecule has 0 spiro atoms. The molecule has 1 aromatic rings. The summed E-state index contributed by atoms with van der Waals surface area (Å²) in [6.07, 6.45) is 3.57. The molecule has 130 valence electrons. The number of hydrogen-bond donors (Lipinski definition) is 3. The Labute approximate surface area is 141 Å². The van der Waals surface area contributed by atoms with Crippen LogP contribution in [0.25, 0.3) is 0 Å². The van der Waals surface area contributed by atoms with Crippen LogP contribution in [0.4, 0.5) is 0 Å². The minimum absolute atomic E-state index is 0.0109. The second kappa shape index (κ2) is 7.72. The Bertz CT molecular complexity index is 580. The van der Waals surface area contributed by atoms with E-state index >= 15 is 0 Å². The van der Waals surface area contributed by atoms with Crippen molar-refractivity contribution in [3.8, 4) is 0 Å². The third-order valence-electron chi connectivity index (χ3n) is 5.09. The van der Waals surface area contributed by atoms with Crippen molar-refractivity contribution in [2.75, 3.05) is 6.54 Å². The van der Waals surface area contributed by atoms with Crippen LogP contribution in [0.2, 0.25) is 0 Å². The Kier molecular flexibility index (Phi) is 5.42. The maximum atomic E-state index is 12.4. The smallest absolute Gasteiger partial charge is 0.238 e. The highest BCUT2D eigenvalue weighted by molar-refractivity contribution is 5.82. The Balaban J connectivity index is 1.45. The van der Waals surface area contributed by atoms with E-state index in [0.717, 1.165) is 19.3 Å². The summed E-state index contributed by atoms with van der Waals surface area (Å²) in [5.41, 5.74) is 7.42. The molecule has 24 heavy (non-hydrogen) atoms. The number of carbonyl (C=O) groups excluding carboxylic acids is 1. The minimum atomic E-state index is -0.527. The van der Waals surface area contributed by atoms with Crippen molar-refractivity contribution >= 4 is 5.91 Å². The van der Waals surface area contributed by atoms with Crippen LogP contribution in [-0.2, 0) is 11.2 Å². The molecular formula is C17H24N4O3. The van der Waals surface area contributed by atoms with Crippen LogP contribution in [0.3, 0.4) is 0 Å². The summed E-state index contributed by atoms with van der Waals surface area (Å²) in [5, 5.41) is 14.0. The van der Waals surface area contributed by atoms with Gasteiger partial charge in [-0.3, -0.25) is 20.3 Å². The van der Waals surface area contributed by atoms with E-state index < -0.39 is 6.04 Å². The van der Waals surface area contributed by atoms with Crippen molar-refractivity contribution in [2.45, 2.75) is 50.2 Å². The van der Waals surface area contributed by atoms with Gasteiger partial charge in [-0.1, -0.05) is 30.3 Å². The predicted octanol–water partition coefficient (Wildman–Crippen LogP) is 1.03. The van der Waals surface area contributed by atoms with Crippen molar-refractivity contribution in [2.24, 2.45) is 5.92 Å². The lowest BCUT2D eigenvalue weighted by atomic mass is 9.79. The second-order valence-corrected chi connectivity index (χ2v) is 6.67. The van der Waals surface area contributed by atoms with Gasteiger partial charge in [0.05, 0.1) is 0 Å². The number of rotatable bonds is 6. The first-order valence-corrected chi connectivity index (χ1v) is 8.61. The summed E-state index contributed by atoms with van der Waals surface area (Å²) < 4.78 is 0. The van der Waals surface area contributed by atoms with Gasteiger partial charge in [-0.05, 0) is 24.8 Å². The standard InChI is InChI=1S/C17H24N4O3/c22-17(18-10-4-7-12-5-2-1-3-6-12)16-14-11-13(21(23)24)8-9-15(14)19-20-16/h1-3,5-6,13-16,19-20H,4,7-11H2,(H,18,22). The maximum Gasteiger partial charge on any atom is 0.238 e. The molecule has 0 bridgehead atoms. The molecule has 3 N–H and O–H groups in total. The van der Waals surface area contributed by atoms with E-state index in [9.17, 15) is 14.9 Å². The fourth-order valence-corrected chi connectivity index (χ4v) is 3.74. The molecule has 0 aromatic heterocycles. The molecule has 1 aliphatic heterocycles. The number of nitrogens with one attached hydrogen (secondary N) is 3. The molecule has 1 amide bonds. The van der Waals surface area contributed by atoms with Crippen LogP contribution in [0, 0.1) is 16.0 Å². The number of nitro groups is 1. The lowest BCUT2D eigenvalue weighted by molar-refractivity contribution is -0.528. The molecule has 2 fully saturated rings. The van der Waals surface area contributed by atoms with E-state index in [-0.39, 0.29) is 28.8 Å². The van der Waals surface area contributed by atoms with Crippen LogP contribution in [0.15, 0.2) is 30.3 Å². The van der Waals surface area contributed by atoms with Gasteiger partial charge in [0.15, 0.2) is 0 Å². The molecule has 2 aliphatic rings. The molecule has 0 radical (unpaired) electrons. The molecule has 1 heterocycles. The summed E-state index contributed by atoms with van der Waals surface area (Å²) in [7, 11) is 0. The number of aryl methyl sites for hydroxylation is 1. The Morgan fingerprint density at radius 2 is 2.04 bits per heavy atom. The number of nitrogens with zero attached hydrogens (tertiary/aromatic N) is 1. The minimum Gasteiger partial charge on any atom is -0.355 e. The van der Waals surface area contributed by atoms with Crippen molar-refractivity contribution in [3.63, 3.8) is 0 Å². The average Bonchev–Trinajstić information content (AvgIpc) is 3.02. The van der Waals surface area contributed by atoms with Crippen molar-refractivity contribution in [1.29, 1.82) is 0 Å². The number of amides is 1. The highest BCUT2D eigenvalue weighted by Gasteiger charge is 2.46. The van der Waals surface area contributed by atoms with E-state index in [0.29, 0.717) is 19.4 Å². The molecular weight excluding hydrogens is 308 g/mol. The molecule has 1 saturated carbocycles. The highest BCUT2D eigenvalue weighted by Crippen LogP contribution is 2.31. The quantitative estimate of drug-likeness (QED) is 0.411. The molecule has 7 heteroatoms. The van der Waals surface area contributed by atoms with Crippen LogP contribution < -0.4 is 16.2 Å². The largest absolute Gasteiger partial charge is 0.355 e. The van der Waals surface area contributed by atoms with Crippen LogP contribution in [0.1, 0.15) is 31.2 Å². The number of hydrazine groups is 1. The average molecular weight is 332 g/mol. The van der Waals surface area contributed by atoms with Crippen molar-refractivity contribution in [3.05, 3.63) is 46.0 Å². The van der Waals surface area contributed by atoms with E-state index in [1.54, 1.807) is 0 Å². The number of fused-ring (bicyclic) bond motifs is 1. The normalized spacial score (nSPS) is 29.0. The predicted molar refractivity (Wildman–Crippen MR) is 89.7 cm³/mol. The third-order valence-corrected chi connectivity index (χ3v) is 5.09. The van der Waals surface area contributed by atoms with E-state index in [2.05, 4.69) is 28.3 Å². The van der Waals surface area contributed by atoms with Crippen molar-refractivity contribution in [1.82, 2.24) is 16.2 Å². The number of benzene rings is 1. The molecule has 1 aliphatic carbocycles. The van der Waals surface area contributed by atoms with Crippen molar-refractivity contribution < 1.29 is 9.72 Å². The monoisotopic (exact) mass is 332 g/mol. The zero-order chi connectivity index (χ0) is 16.9. The first-order chi connectivity index (χ1) is 11.6. The zero-order valence-electron chi connectivity index (χ0n) is 13.6. The third kappa shape index (κ3) is 3.91. The summed E-state index contributed by atoms with van der Waals surface area (Å²) in [4.78, 5) is 23.2. The zero-order valence-corrected chi connectivity index (χ0v) is 13.6. The van der Waals surface area contributed by atoms with Gasteiger partial charge in [0.2, 0.25) is 11.9 Å². The van der Waals surface area contributed by atoms with Gasteiger partial charge in [-0.2, -0.15) is 0 Å². The van der Waals surface area contributed by atoms with Gasteiger partial charge in [0.1, 0.15) is 6.04 Å². The first kappa shape index (κ1) is 16.9. The van der Waals surface area contributed by atoms with E-state index in [1.165, 1.54) is 5.56 Å². The number of hydrogen-bond acceptors (Lipinski definition) is 5. The van der Waals surface area contributed by atoms with Gasteiger partial charge in [0.25, 0.3) is 0 Å². The number of carbonyl (C=O) groups is 1. The summed E-state index contributed by atoms with van der Waals surface area (Å²) in [6, 6.07) is 9.41. The van der Waals surface area contributed by atoms with Gasteiger partial charge in [-0.25, -0.2) is 5.43 Å². The van der Waals surface area contributed by atoms with Gasteiger partial charge >= 0.3 is 0 Å². The lowest BCUT2D eigenvalue weighted by Crippen LogP contribution is -2.47. The van der Waals surface area contributed by atoms with E-state index in [1.807, 2.05) is 18.2 Å². The molecule has 7 nitrogen and oxygen atoms in total. The van der Waals surface area contributed by atoms with Crippen LogP contribution >= 0.6 is 0 Å². The molecule has 1 saturated heterocycles. The lowest BCUT2D eigenvalue weighted by Gasteiger charge is -2.28. The van der Waals surface area contributed by atoms with Gasteiger partial charge in [0, 0.05) is 36.3 Å². The molecule has 1 aromatic carbocycles. The van der Waals surface area contributed by atoms with Gasteiger partial charge < -0.3 is 5.32 Å².